The van der Waals surface area contributed by atoms with Gasteiger partial charge < -0.3 is 5.32 Å². The maximum Gasteiger partial charge on any atom is 0.269 e. The number of carbonyl (C=O) groups is 1. The Hall–Kier alpha value is -2.40. The number of nitrogens with zero attached hydrogens (tertiary/aromatic N) is 1. The third kappa shape index (κ3) is 3.92. The van der Waals surface area contributed by atoms with Crippen molar-refractivity contribution in [2.45, 2.75) is 12.8 Å². The van der Waals surface area contributed by atoms with Gasteiger partial charge in [0.05, 0.1) is 5.69 Å². The number of aromatic amines is 1. The van der Waals surface area contributed by atoms with Crippen molar-refractivity contribution in [3.05, 3.63) is 76.4 Å². The summed E-state index contributed by atoms with van der Waals surface area (Å²) in [6, 6.07) is 19.7. The molecule has 0 saturated carbocycles. The van der Waals surface area contributed by atoms with Gasteiger partial charge in [-0.2, -0.15) is 5.10 Å². The fourth-order valence-corrected chi connectivity index (χ4v) is 2.71. The van der Waals surface area contributed by atoms with E-state index in [0.717, 1.165) is 15.7 Å². The Morgan fingerprint density at radius 1 is 1.17 bits per heavy atom. The molecule has 1 heterocycles. The van der Waals surface area contributed by atoms with Gasteiger partial charge in [0.25, 0.3) is 5.91 Å². The zero-order valence-electron chi connectivity index (χ0n) is 13.3. The molecular weight excluding hydrogens is 366 g/mol. The molecule has 3 rings (SSSR count). The van der Waals surface area contributed by atoms with Gasteiger partial charge in [0.15, 0.2) is 0 Å². The molecule has 0 radical (unpaired) electrons. The van der Waals surface area contributed by atoms with Crippen LogP contribution in [0.1, 0.15) is 28.9 Å². The second kappa shape index (κ2) is 7.45. The van der Waals surface area contributed by atoms with E-state index in [1.807, 2.05) is 42.5 Å². The van der Waals surface area contributed by atoms with E-state index < -0.39 is 0 Å². The molecule has 0 aliphatic rings. The molecular formula is C19H18BrN3O. The monoisotopic (exact) mass is 383 g/mol. The molecule has 0 bridgehead atoms. The second-order valence-electron chi connectivity index (χ2n) is 5.70. The fraction of sp³-hybridized carbons (Fsp3) is 0.158. The molecule has 2 N–H and O–H groups in total. The van der Waals surface area contributed by atoms with Crippen LogP contribution in [0.2, 0.25) is 0 Å². The first kappa shape index (κ1) is 16.5. The number of aromatic nitrogens is 2. The molecule has 0 saturated heterocycles. The van der Waals surface area contributed by atoms with Gasteiger partial charge in [0.2, 0.25) is 0 Å². The molecule has 4 nitrogen and oxygen atoms in total. The van der Waals surface area contributed by atoms with E-state index in [1.165, 1.54) is 5.56 Å². The molecule has 2 aromatic carbocycles. The van der Waals surface area contributed by atoms with Gasteiger partial charge in [-0.1, -0.05) is 65.3 Å². The third-order valence-electron chi connectivity index (χ3n) is 3.90. The number of H-pyrrole nitrogens is 1. The SMILES string of the molecule is C[C@H](CNC(=O)c1cc(-c2ccc(Br)cc2)n[nH]1)c1ccccc1. The number of hydrogen-bond donors (Lipinski definition) is 2. The summed E-state index contributed by atoms with van der Waals surface area (Å²) in [4.78, 5) is 12.3. The van der Waals surface area contributed by atoms with E-state index in [2.05, 4.69) is 50.5 Å². The normalized spacial score (nSPS) is 11.9. The van der Waals surface area contributed by atoms with Crippen LogP contribution in [-0.4, -0.2) is 22.6 Å². The lowest BCUT2D eigenvalue weighted by atomic mass is 10.0. The molecule has 0 aliphatic heterocycles. The minimum absolute atomic E-state index is 0.145. The average molecular weight is 384 g/mol. The summed E-state index contributed by atoms with van der Waals surface area (Å²) in [6.07, 6.45) is 0. The van der Waals surface area contributed by atoms with Gasteiger partial charge in [0.1, 0.15) is 5.69 Å². The van der Waals surface area contributed by atoms with E-state index in [0.29, 0.717) is 12.2 Å². The van der Waals surface area contributed by atoms with Crippen LogP contribution in [0.5, 0.6) is 0 Å². The maximum atomic E-state index is 12.3. The molecule has 0 fully saturated rings. The number of rotatable bonds is 5. The van der Waals surface area contributed by atoms with Gasteiger partial charge in [-0.3, -0.25) is 9.89 Å². The Morgan fingerprint density at radius 3 is 2.58 bits per heavy atom. The molecule has 5 heteroatoms. The number of halogens is 1. The van der Waals surface area contributed by atoms with Crippen molar-refractivity contribution in [3.8, 4) is 11.3 Å². The highest BCUT2D eigenvalue weighted by atomic mass is 79.9. The third-order valence-corrected chi connectivity index (χ3v) is 4.43. The topological polar surface area (TPSA) is 57.8 Å². The summed E-state index contributed by atoms with van der Waals surface area (Å²) in [7, 11) is 0. The summed E-state index contributed by atoms with van der Waals surface area (Å²) in [5.74, 6) is 0.109. The van der Waals surface area contributed by atoms with E-state index in [-0.39, 0.29) is 11.8 Å². The predicted octanol–water partition coefficient (Wildman–Crippen LogP) is 4.37. The highest BCUT2D eigenvalue weighted by molar-refractivity contribution is 9.10. The van der Waals surface area contributed by atoms with Crippen molar-refractivity contribution in [1.82, 2.24) is 15.5 Å². The summed E-state index contributed by atoms with van der Waals surface area (Å²) in [5.41, 5.74) is 3.39. The zero-order chi connectivity index (χ0) is 16.9. The van der Waals surface area contributed by atoms with Crippen LogP contribution in [0.4, 0.5) is 0 Å². The smallest absolute Gasteiger partial charge is 0.269 e. The Kier molecular flexibility index (Phi) is 5.11. The first-order valence-corrected chi connectivity index (χ1v) is 8.57. The van der Waals surface area contributed by atoms with Crippen molar-refractivity contribution < 1.29 is 4.79 Å². The van der Waals surface area contributed by atoms with Crippen molar-refractivity contribution in [1.29, 1.82) is 0 Å². The number of nitrogens with one attached hydrogen (secondary N) is 2. The molecule has 122 valence electrons. The van der Waals surface area contributed by atoms with Crippen LogP contribution in [0.25, 0.3) is 11.3 Å². The number of benzene rings is 2. The molecule has 0 spiro atoms. The second-order valence-corrected chi connectivity index (χ2v) is 6.61. The molecule has 3 aromatic rings. The lowest BCUT2D eigenvalue weighted by Crippen LogP contribution is -2.27. The minimum atomic E-state index is -0.145. The largest absolute Gasteiger partial charge is 0.350 e. The Balaban J connectivity index is 1.63. The standard InChI is InChI=1S/C19H18BrN3O/c1-13(14-5-3-2-4-6-14)12-21-19(24)18-11-17(22-23-18)15-7-9-16(20)10-8-15/h2-11,13H,12H2,1H3,(H,21,24)(H,22,23)/t13-/m1/s1. The molecule has 1 aromatic heterocycles. The first-order chi connectivity index (χ1) is 11.6. The van der Waals surface area contributed by atoms with E-state index in [4.69, 9.17) is 0 Å². The van der Waals surface area contributed by atoms with Gasteiger partial charge in [-0.05, 0) is 29.7 Å². The molecule has 1 atom stereocenters. The highest BCUT2D eigenvalue weighted by Gasteiger charge is 2.12. The summed E-state index contributed by atoms with van der Waals surface area (Å²) >= 11 is 3.41. The Labute approximate surface area is 149 Å². The van der Waals surface area contributed by atoms with Crippen molar-refractivity contribution in [3.63, 3.8) is 0 Å². The Morgan fingerprint density at radius 2 is 1.88 bits per heavy atom. The Bertz CT molecular complexity index is 812. The van der Waals surface area contributed by atoms with E-state index >= 15 is 0 Å². The van der Waals surface area contributed by atoms with Crippen molar-refractivity contribution >= 4 is 21.8 Å². The van der Waals surface area contributed by atoms with E-state index in [1.54, 1.807) is 6.07 Å². The number of hydrogen-bond acceptors (Lipinski definition) is 2. The molecule has 0 unspecified atom stereocenters. The zero-order valence-corrected chi connectivity index (χ0v) is 14.9. The van der Waals surface area contributed by atoms with Crippen molar-refractivity contribution in [2.24, 2.45) is 0 Å². The number of carbonyl (C=O) groups excluding carboxylic acids is 1. The molecule has 1 amide bonds. The van der Waals surface area contributed by atoms with Crippen LogP contribution in [-0.2, 0) is 0 Å². The molecule has 24 heavy (non-hydrogen) atoms. The van der Waals surface area contributed by atoms with Crippen LogP contribution in [0.3, 0.4) is 0 Å². The van der Waals surface area contributed by atoms with Crippen LogP contribution in [0, 0.1) is 0 Å². The maximum absolute atomic E-state index is 12.3. The highest BCUT2D eigenvalue weighted by Crippen LogP contribution is 2.20. The van der Waals surface area contributed by atoms with Crippen LogP contribution < -0.4 is 5.32 Å². The minimum Gasteiger partial charge on any atom is -0.350 e. The van der Waals surface area contributed by atoms with Crippen LogP contribution in [0.15, 0.2) is 65.1 Å². The summed E-state index contributed by atoms with van der Waals surface area (Å²) < 4.78 is 1.01. The first-order valence-electron chi connectivity index (χ1n) is 7.78. The lowest BCUT2D eigenvalue weighted by Gasteiger charge is -2.12. The van der Waals surface area contributed by atoms with Crippen molar-refractivity contribution in [2.75, 3.05) is 6.54 Å². The van der Waals surface area contributed by atoms with Gasteiger partial charge in [-0.15, -0.1) is 0 Å². The van der Waals surface area contributed by atoms with Gasteiger partial charge in [0, 0.05) is 16.6 Å². The van der Waals surface area contributed by atoms with Gasteiger partial charge in [-0.25, -0.2) is 0 Å². The fourth-order valence-electron chi connectivity index (χ4n) is 2.45. The summed E-state index contributed by atoms with van der Waals surface area (Å²) in [6.45, 7) is 2.67. The van der Waals surface area contributed by atoms with Gasteiger partial charge >= 0.3 is 0 Å². The van der Waals surface area contributed by atoms with Crippen LogP contribution >= 0.6 is 15.9 Å². The quantitative estimate of drug-likeness (QED) is 0.686. The lowest BCUT2D eigenvalue weighted by molar-refractivity contribution is 0.0946. The van der Waals surface area contributed by atoms with E-state index in [9.17, 15) is 4.79 Å². The summed E-state index contributed by atoms with van der Waals surface area (Å²) in [5, 5.41) is 9.98. The predicted molar refractivity (Wildman–Crippen MR) is 98.9 cm³/mol. The average Bonchev–Trinajstić information content (AvgIpc) is 3.11. The number of amides is 1. The molecule has 0 aliphatic carbocycles.